The Morgan fingerprint density at radius 1 is 0.946 bits per heavy atom. The molecule has 0 unspecified atom stereocenters. The molecule has 200 valence electrons. The zero-order chi connectivity index (χ0) is 26.2. The van der Waals surface area contributed by atoms with Crippen molar-refractivity contribution >= 4 is 11.4 Å². The zero-order valence-electron chi connectivity index (χ0n) is 23.5. The molecule has 1 N–H and O–H groups in total. The summed E-state index contributed by atoms with van der Waals surface area (Å²) >= 11 is 0. The summed E-state index contributed by atoms with van der Waals surface area (Å²) in [4.78, 5) is 4.91. The molecule has 0 saturated carbocycles. The Kier molecular flexibility index (Phi) is 9.79. The molecule has 1 aliphatic rings. The number of aryl methyl sites for hydroxylation is 1. The molecule has 3 heterocycles. The van der Waals surface area contributed by atoms with Crippen molar-refractivity contribution in [3.63, 3.8) is 0 Å². The largest absolute Gasteiger partial charge is 0.357 e. The fourth-order valence-electron chi connectivity index (χ4n) is 5.32. The molecule has 5 nitrogen and oxygen atoms in total. The van der Waals surface area contributed by atoms with Crippen LogP contribution in [0.3, 0.4) is 0 Å². The second kappa shape index (κ2) is 13.2. The van der Waals surface area contributed by atoms with E-state index in [0.29, 0.717) is 17.7 Å². The van der Waals surface area contributed by atoms with Gasteiger partial charge in [0.25, 0.3) is 0 Å². The lowest BCUT2D eigenvalue weighted by molar-refractivity contribution is 0.226. The fourth-order valence-corrected chi connectivity index (χ4v) is 5.32. The summed E-state index contributed by atoms with van der Waals surface area (Å²) in [7, 11) is 0. The second-order valence-corrected chi connectivity index (χ2v) is 11.6. The Morgan fingerprint density at radius 3 is 2.27 bits per heavy atom. The number of amidine groups is 1. The quantitative estimate of drug-likeness (QED) is 0.212. The van der Waals surface area contributed by atoms with Gasteiger partial charge in [0.2, 0.25) is 0 Å². The SMILES string of the molecule is CC(C)CCN(CCC(C)C)C(=N)c1ccn2nc(-c3ccccc3)c(CCCN3CCCCC3)c2c1. The van der Waals surface area contributed by atoms with Crippen LogP contribution in [0.2, 0.25) is 0 Å². The molecule has 0 radical (unpaired) electrons. The van der Waals surface area contributed by atoms with Crippen molar-refractivity contribution in [1.29, 1.82) is 5.41 Å². The average Bonchev–Trinajstić information content (AvgIpc) is 3.27. The van der Waals surface area contributed by atoms with Crippen LogP contribution in [0.5, 0.6) is 0 Å². The molecule has 0 spiro atoms. The highest BCUT2D eigenvalue weighted by Crippen LogP contribution is 2.28. The van der Waals surface area contributed by atoms with Gasteiger partial charge in [-0.2, -0.15) is 5.10 Å². The number of benzene rings is 1. The van der Waals surface area contributed by atoms with Gasteiger partial charge in [-0.05, 0) is 82.1 Å². The molecule has 0 atom stereocenters. The maximum Gasteiger partial charge on any atom is 0.128 e. The van der Waals surface area contributed by atoms with Gasteiger partial charge >= 0.3 is 0 Å². The van der Waals surface area contributed by atoms with Crippen LogP contribution in [-0.2, 0) is 6.42 Å². The van der Waals surface area contributed by atoms with Crippen molar-refractivity contribution in [1.82, 2.24) is 19.4 Å². The van der Waals surface area contributed by atoms with E-state index < -0.39 is 0 Å². The standard InChI is InChI=1S/C32H47N5/c1-25(2)15-21-36(22-16-26(3)4)32(33)28-17-23-37-30(24-28)29(14-11-20-35-18-9-6-10-19-35)31(34-37)27-12-7-5-8-13-27/h5,7-8,12-13,17,23-26,33H,6,9-11,14-16,18-22H2,1-4H3. The first kappa shape index (κ1) is 27.4. The first-order valence-electron chi connectivity index (χ1n) is 14.5. The predicted octanol–water partition coefficient (Wildman–Crippen LogP) is 7.14. The Balaban J connectivity index is 1.62. The van der Waals surface area contributed by atoms with Crippen LogP contribution >= 0.6 is 0 Å². The number of hydrogen-bond donors (Lipinski definition) is 1. The van der Waals surface area contributed by atoms with Gasteiger partial charge in [-0.25, -0.2) is 4.52 Å². The number of hydrogen-bond acceptors (Lipinski definition) is 3. The molecule has 37 heavy (non-hydrogen) atoms. The van der Waals surface area contributed by atoms with Crippen molar-refractivity contribution in [2.45, 2.75) is 72.6 Å². The number of nitrogens with zero attached hydrogens (tertiary/aromatic N) is 4. The first-order valence-corrected chi connectivity index (χ1v) is 14.5. The smallest absolute Gasteiger partial charge is 0.128 e. The van der Waals surface area contributed by atoms with Crippen LogP contribution in [0.4, 0.5) is 0 Å². The third-order valence-electron chi connectivity index (χ3n) is 7.68. The van der Waals surface area contributed by atoms with E-state index in [1.165, 1.54) is 43.5 Å². The summed E-state index contributed by atoms with van der Waals surface area (Å²) in [5.41, 5.74) is 5.71. The summed E-state index contributed by atoms with van der Waals surface area (Å²) in [6.45, 7) is 14.6. The lowest BCUT2D eigenvalue weighted by Crippen LogP contribution is -2.34. The first-order chi connectivity index (χ1) is 17.9. The Hall–Kier alpha value is -2.66. The maximum atomic E-state index is 9.15. The van der Waals surface area contributed by atoms with E-state index in [2.05, 4.69) is 86.2 Å². The molecule has 1 aliphatic heterocycles. The molecular weight excluding hydrogens is 454 g/mol. The molecule has 3 aromatic rings. The van der Waals surface area contributed by atoms with Gasteiger partial charge in [0.15, 0.2) is 0 Å². The van der Waals surface area contributed by atoms with Crippen molar-refractivity contribution in [2.75, 3.05) is 32.7 Å². The lowest BCUT2D eigenvalue weighted by Gasteiger charge is -2.27. The number of rotatable bonds is 12. The highest BCUT2D eigenvalue weighted by molar-refractivity contribution is 5.97. The van der Waals surface area contributed by atoms with Crippen LogP contribution < -0.4 is 0 Å². The molecule has 4 rings (SSSR count). The molecule has 1 saturated heterocycles. The average molecular weight is 502 g/mol. The minimum atomic E-state index is 0.631. The summed E-state index contributed by atoms with van der Waals surface area (Å²) in [5.74, 6) is 1.91. The van der Waals surface area contributed by atoms with Crippen molar-refractivity contribution in [2.24, 2.45) is 11.8 Å². The topological polar surface area (TPSA) is 47.6 Å². The molecule has 0 amide bonds. The monoisotopic (exact) mass is 501 g/mol. The van der Waals surface area contributed by atoms with Crippen molar-refractivity contribution < 1.29 is 0 Å². The summed E-state index contributed by atoms with van der Waals surface area (Å²) in [6, 6.07) is 14.9. The van der Waals surface area contributed by atoms with Crippen LogP contribution in [-0.4, -0.2) is 58.0 Å². The fraction of sp³-hybridized carbons (Fsp3) is 0.562. The zero-order valence-corrected chi connectivity index (χ0v) is 23.5. The highest BCUT2D eigenvalue weighted by Gasteiger charge is 2.19. The molecular formula is C32H47N5. The van der Waals surface area contributed by atoms with E-state index in [1.807, 2.05) is 4.52 Å². The third-order valence-corrected chi connectivity index (χ3v) is 7.68. The van der Waals surface area contributed by atoms with E-state index in [1.54, 1.807) is 0 Å². The van der Waals surface area contributed by atoms with Gasteiger partial charge in [0, 0.05) is 36.0 Å². The van der Waals surface area contributed by atoms with E-state index >= 15 is 0 Å². The van der Waals surface area contributed by atoms with E-state index in [9.17, 15) is 0 Å². The molecule has 1 aromatic carbocycles. The molecule has 5 heteroatoms. The summed E-state index contributed by atoms with van der Waals surface area (Å²) in [6.07, 6.45) is 10.5. The highest BCUT2D eigenvalue weighted by atomic mass is 15.2. The summed E-state index contributed by atoms with van der Waals surface area (Å²) in [5, 5.41) is 14.2. The lowest BCUT2D eigenvalue weighted by atomic mass is 10.0. The summed E-state index contributed by atoms with van der Waals surface area (Å²) < 4.78 is 2.03. The van der Waals surface area contributed by atoms with Gasteiger partial charge in [0.05, 0.1) is 11.2 Å². The van der Waals surface area contributed by atoms with Gasteiger partial charge in [-0.1, -0.05) is 64.4 Å². The van der Waals surface area contributed by atoms with Gasteiger partial charge < -0.3 is 9.80 Å². The van der Waals surface area contributed by atoms with Crippen LogP contribution in [0.25, 0.3) is 16.8 Å². The normalized spacial score (nSPS) is 14.6. The Bertz CT molecular complexity index is 1110. The van der Waals surface area contributed by atoms with Crippen LogP contribution in [0.1, 0.15) is 77.3 Å². The maximum absolute atomic E-state index is 9.15. The molecule has 0 aliphatic carbocycles. The van der Waals surface area contributed by atoms with Crippen LogP contribution in [0, 0.1) is 17.2 Å². The van der Waals surface area contributed by atoms with Crippen molar-refractivity contribution in [3.05, 3.63) is 59.8 Å². The van der Waals surface area contributed by atoms with E-state index in [4.69, 9.17) is 10.5 Å². The number of nitrogens with one attached hydrogen (secondary N) is 1. The van der Waals surface area contributed by atoms with E-state index in [-0.39, 0.29) is 0 Å². The van der Waals surface area contributed by atoms with E-state index in [0.717, 1.165) is 62.1 Å². The van der Waals surface area contributed by atoms with Crippen LogP contribution in [0.15, 0.2) is 48.7 Å². The number of likely N-dealkylation sites (tertiary alicyclic amines) is 1. The molecule has 0 bridgehead atoms. The minimum absolute atomic E-state index is 0.631. The number of piperidine rings is 1. The predicted molar refractivity (Wildman–Crippen MR) is 157 cm³/mol. The minimum Gasteiger partial charge on any atom is -0.357 e. The number of aromatic nitrogens is 2. The number of pyridine rings is 1. The Morgan fingerprint density at radius 2 is 1.62 bits per heavy atom. The second-order valence-electron chi connectivity index (χ2n) is 11.6. The molecule has 2 aromatic heterocycles. The Labute approximate surface area is 224 Å². The van der Waals surface area contributed by atoms with Gasteiger partial charge in [-0.3, -0.25) is 5.41 Å². The van der Waals surface area contributed by atoms with Gasteiger partial charge in [0.1, 0.15) is 5.84 Å². The number of fused-ring (bicyclic) bond motifs is 1. The molecule has 1 fully saturated rings. The van der Waals surface area contributed by atoms with Gasteiger partial charge in [-0.15, -0.1) is 0 Å². The van der Waals surface area contributed by atoms with Crippen molar-refractivity contribution in [3.8, 4) is 11.3 Å². The third kappa shape index (κ3) is 7.44.